The Morgan fingerprint density at radius 3 is 2.47 bits per heavy atom. The Hall–Kier alpha value is -3.42. The minimum absolute atomic E-state index is 0.0996. The standard InChI is InChI=1S/C27H29N3O4/c31-26(28-17-22-10-11-23(34-22)19-29-12-14-33-15-13-29)25(16-20-6-2-1-3-7-20)30-18-21-8-4-5-9-24(21)27(30)32/h1-11,25H,12-19H2,(H,28,31). The number of nitrogens with zero attached hydrogens (tertiary/aromatic N) is 2. The lowest BCUT2D eigenvalue weighted by Crippen LogP contribution is -2.48. The van der Waals surface area contributed by atoms with Crippen LogP contribution in [0.2, 0.25) is 0 Å². The van der Waals surface area contributed by atoms with Crippen molar-refractivity contribution in [3.8, 4) is 0 Å². The number of nitrogens with one attached hydrogen (secondary N) is 1. The number of morpholine rings is 1. The monoisotopic (exact) mass is 459 g/mol. The van der Waals surface area contributed by atoms with Gasteiger partial charge in [0, 0.05) is 31.6 Å². The van der Waals surface area contributed by atoms with Gasteiger partial charge >= 0.3 is 0 Å². The predicted octanol–water partition coefficient (Wildman–Crippen LogP) is 3.00. The lowest BCUT2D eigenvalue weighted by atomic mass is 10.0. The SMILES string of the molecule is O=C(NCc1ccc(CN2CCOCC2)o1)C(Cc1ccccc1)N1Cc2ccccc2C1=O. The van der Waals surface area contributed by atoms with E-state index >= 15 is 0 Å². The summed E-state index contributed by atoms with van der Waals surface area (Å²) in [5.74, 6) is 1.29. The molecule has 2 aliphatic rings. The van der Waals surface area contributed by atoms with Crippen LogP contribution in [0.25, 0.3) is 0 Å². The first kappa shape index (κ1) is 22.4. The molecular formula is C27H29N3O4. The van der Waals surface area contributed by atoms with Crippen LogP contribution < -0.4 is 5.32 Å². The van der Waals surface area contributed by atoms with Crippen LogP contribution in [0.4, 0.5) is 0 Å². The maximum atomic E-state index is 13.4. The number of hydrogen-bond acceptors (Lipinski definition) is 5. The van der Waals surface area contributed by atoms with E-state index in [1.165, 1.54) is 0 Å². The summed E-state index contributed by atoms with van der Waals surface area (Å²) in [5, 5.41) is 3.00. The molecule has 1 atom stereocenters. The Kier molecular flexibility index (Phi) is 6.74. The third kappa shape index (κ3) is 5.05. The van der Waals surface area contributed by atoms with Gasteiger partial charge in [0.05, 0.1) is 26.3 Å². The van der Waals surface area contributed by atoms with Crippen LogP contribution >= 0.6 is 0 Å². The van der Waals surface area contributed by atoms with Crippen molar-refractivity contribution in [1.82, 2.24) is 15.1 Å². The summed E-state index contributed by atoms with van der Waals surface area (Å²) in [4.78, 5) is 30.4. The Bertz CT molecular complexity index is 1140. The quantitative estimate of drug-likeness (QED) is 0.561. The second-order valence-electron chi connectivity index (χ2n) is 8.77. The summed E-state index contributed by atoms with van der Waals surface area (Å²) < 4.78 is 11.3. The minimum atomic E-state index is -0.606. The Labute approximate surface area is 199 Å². The molecule has 3 aromatic rings. The van der Waals surface area contributed by atoms with E-state index in [0.717, 1.165) is 49.7 Å². The fraction of sp³-hybridized carbons (Fsp3) is 0.333. The number of carbonyl (C=O) groups is 2. The number of hydrogen-bond donors (Lipinski definition) is 1. The van der Waals surface area contributed by atoms with Crippen molar-refractivity contribution in [3.05, 3.63) is 94.9 Å². The van der Waals surface area contributed by atoms with Crippen molar-refractivity contribution in [3.63, 3.8) is 0 Å². The van der Waals surface area contributed by atoms with Gasteiger partial charge in [-0.3, -0.25) is 14.5 Å². The Balaban J connectivity index is 1.26. The van der Waals surface area contributed by atoms with Gasteiger partial charge in [-0.15, -0.1) is 0 Å². The molecule has 7 nitrogen and oxygen atoms in total. The van der Waals surface area contributed by atoms with Gasteiger partial charge in [-0.2, -0.15) is 0 Å². The first-order chi connectivity index (χ1) is 16.7. The van der Waals surface area contributed by atoms with Gasteiger partial charge in [-0.1, -0.05) is 48.5 Å². The summed E-state index contributed by atoms with van der Waals surface area (Å²) in [5.41, 5.74) is 2.64. The molecule has 34 heavy (non-hydrogen) atoms. The topological polar surface area (TPSA) is 75.0 Å². The van der Waals surface area contributed by atoms with E-state index in [2.05, 4.69) is 10.2 Å². The highest BCUT2D eigenvalue weighted by Gasteiger charge is 2.36. The zero-order chi connectivity index (χ0) is 23.3. The van der Waals surface area contributed by atoms with E-state index in [9.17, 15) is 9.59 Å². The maximum absolute atomic E-state index is 13.4. The smallest absolute Gasteiger partial charge is 0.255 e. The maximum Gasteiger partial charge on any atom is 0.255 e. The highest BCUT2D eigenvalue weighted by Crippen LogP contribution is 2.26. The number of ether oxygens (including phenoxy) is 1. The van der Waals surface area contributed by atoms with Gasteiger partial charge in [0.2, 0.25) is 5.91 Å². The summed E-state index contributed by atoms with van der Waals surface area (Å²) in [6, 6.07) is 20.6. The largest absolute Gasteiger partial charge is 0.463 e. The molecule has 0 saturated carbocycles. The molecular weight excluding hydrogens is 430 g/mol. The third-order valence-corrected chi connectivity index (χ3v) is 6.44. The molecule has 2 amide bonds. The zero-order valence-electron chi connectivity index (χ0n) is 19.1. The molecule has 1 unspecified atom stereocenters. The van der Waals surface area contributed by atoms with Gasteiger partial charge in [0.15, 0.2) is 0 Å². The molecule has 1 N–H and O–H groups in total. The Morgan fingerprint density at radius 1 is 0.941 bits per heavy atom. The number of amides is 2. The van der Waals surface area contributed by atoms with Crippen molar-refractivity contribution in [2.75, 3.05) is 26.3 Å². The van der Waals surface area contributed by atoms with Crippen LogP contribution in [0.1, 0.15) is 33.0 Å². The molecule has 2 aliphatic heterocycles. The second kappa shape index (κ2) is 10.2. The molecule has 7 heteroatoms. The predicted molar refractivity (Wildman–Crippen MR) is 127 cm³/mol. The molecule has 0 bridgehead atoms. The molecule has 5 rings (SSSR count). The number of rotatable bonds is 8. The molecule has 0 spiro atoms. The van der Waals surface area contributed by atoms with Crippen molar-refractivity contribution < 1.29 is 18.7 Å². The van der Waals surface area contributed by atoms with E-state index in [1.54, 1.807) is 4.90 Å². The van der Waals surface area contributed by atoms with Crippen LogP contribution in [0, 0.1) is 0 Å². The Morgan fingerprint density at radius 2 is 1.68 bits per heavy atom. The highest BCUT2D eigenvalue weighted by molar-refractivity contribution is 6.01. The molecule has 1 aromatic heterocycles. The van der Waals surface area contributed by atoms with Crippen LogP contribution in [0.15, 0.2) is 71.1 Å². The van der Waals surface area contributed by atoms with Gasteiger partial charge in [-0.05, 0) is 29.3 Å². The van der Waals surface area contributed by atoms with Crippen molar-refractivity contribution in [2.24, 2.45) is 0 Å². The number of carbonyl (C=O) groups excluding carboxylic acids is 2. The molecule has 3 heterocycles. The van der Waals surface area contributed by atoms with Gasteiger partial charge < -0.3 is 19.4 Å². The van der Waals surface area contributed by atoms with E-state index < -0.39 is 6.04 Å². The van der Waals surface area contributed by atoms with E-state index in [1.807, 2.05) is 66.7 Å². The zero-order valence-corrected chi connectivity index (χ0v) is 19.1. The first-order valence-electron chi connectivity index (χ1n) is 11.8. The van der Waals surface area contributed by atoms with Crippen molar-refractivity contribution >= 4 is 11.8 Å². The summed E-state index contributed by atoms with van der Waals surface area (Å²) in [7, 11) is 0. The van der Waals surface area contributed by atoms with Crippen LogP contribution in [-0.2, 0) is 35.6 Å². The van der Waals surface area contributed by atoms with Crippen LogP contribution in [-0.4, -0.2) is 54.0 Å². The fourth-order valence-electron chi connectivity index (χ4n) is 4.58. The summed E-state index contributed by atoms with van der Waals surface area (Å²) in [6.45, 7) is 4.71. The normalized spacial score (nSPS) is 16.9. The van der Waals surface area contributed by atoms with Crippen LogP contribution in [0.5, 0.6) is 0 Å². The summed E-state index contributed by atoms with van der Waals surface area (Å²) in [6.07, 6.45) is 0.451. The van der Waals surface area contributed by atoms with E-state index in [-0.39, 0.29) is 18.4 Å². The molecule has 0 aliphatic carbocycles. The molecule has 1 fully saturated rings. The lowest BCUT2D eigenvalue weighted by molar-refractivity contribution is -0.126. The van der Waals surface area contributed by atoms with Crippen molar-refractivity contribution in [2.45, 2.75) is 32.1 Å². The highest BCUT2D eigenvalue weighted by atomic mass is 16.5. The number of furan rings is 1. The second-order valence-corrected chi connectivity index (χ2v) is 8.77. The van der Waals surface area contributed by atoms with E-state index in [0.29, 0.717) is 24.3 Å². The van der Waals surface area contributed by atoms with Gasteiger partial charge in [-0.25, -0.2) is 0 Å². The average Bonchev–Trinajstić information content (AvgIpc) is 3.46. The molecule has 2 aromatic carbocycles. The molecule has 1 saturated heterocycles. The fourth-order valence-corrected chi connectivity index (χ4v) is 4.58. The average molecular weight is 460 g/mol. The first-order valence-corrected chi connectivity index (χ1v) is 11.8. The molecule has 176 valence electrons. The summed E-state index contributed by atoms with van der Waals surface area (Å²) >= 11 is 0. The van der Waals surface area contributed by atoms with Gasteiger partial charge in [0.1, 0.15) is 17.6 Å². The number of benzene rings is 2. The third-order valence-electron chi connectivity index (χ3n) is 6.44. The van der Waals surface area contributed by atoms with Crippen molar-refractivity contribution in [1.29, 1.82) is 0 Å². The van der Waals surface area contributed by atoms with Gasteiger partial charge in [0.25, 0.3) is 5.91 Å². The van der Waals surface area contributed by atoms with Crippen LogP contribution in [0.3, 0.4) is 0 Å². The number of fused-ring (bicyclic) bond motifs is 1. The van der Waals surface area contributed by atoms with E-state index in [4.69, 9.17) is 9.15 Å². The lowest BCUT2D eigenvalue weighted by Gasteiger charge is -2.27. The molecule has 0 radical (unpaired) electrons. The minimum Gasteiger partial charge on any atom is -0.463 e.